The first-order valence-corrected chi connectivity index (χ1v) is 7.21. The SMILES string of the molecule is O=C(Nc1ccncc1)[C@H]1CC(c2cccc(Br)c2)=NO1. The average molecular weight is 346 g/mol. The molecule has 1 aromatic heterocycles. The lowest BCUT2D eigenvalue weighted by molar-refractivity contribution is -0.125. The molecule has 0 bridgehead atoms. The van der Waals surface area contributed by atoms with Crippen molar-refractivity contribution in [3.63, 3.8) is 0 Å². The van der Waals surface area contributed by atoms with Gasteiger partial charge in [-0.05, 0) is 24.3 Å². The van der Waals surface area contributed by atoms with Crippen LogP contribution in [0.2, 0.25) is 0 Å². The van der Waals surface area contributed by atoms with Crippen molar-refractivity contribution < 1.29 is 9.63 Å². The van der Waals surface area contributed by atoms with Gasteiger partial charge in [-0.2, -0.15) is 0 Å². The van der Waals surface area contributed by atoms with Gasteiger partial charge in [-0.1, -0.05) is 33.2 Å². The van der Waals surface area contributed by atoms with E-state index in [1.165, 1.54) is 0 Å². The van der Waals surface area contributed by atoms with E-state index in [4.69, 9.17) is 4.84 Å². The predicted octanol–water partition coefficient (Wildman–Crippen LogP) is 2.98. The standard InChI is InChI=1S/C15H12BrN3O2/c16-11-3-1-2-10(8-11)13-9-14(21-19-13)15(20)18-12-4-6-17-7-5-12/h1-8,14H,9H2,(H,17,18,20)/t14-/m1/s1. The molecule has 106 valence electrons. The van der Waals surface area contributed by atoms with Crippen LogP contribution in [0.1, 0.15) is 12.0 Å². The summed E-state index contributed by atoms with van der Waals surface area (Å²) in [4.78, 5) is 21.3. The Hall–Kier alpha value is -2.21. The van der Waals surface area contributed by atoms with E-state index < -0.39 is 6.10 Å². The van der Waals surface area contributed by atoms with E-state index in [0.717, 1.165) is 15.7 Å². The number of nitrogens with zero attached hydrogens (tertiary/aromatic N) is 2. The zero-order valence-electron chi connectivity index (χ0n) is 11.0. The summed E-state index contributed by atoms with van der Waals surface area (Å²) in [5.74, 6) is -0.213. The van der Waals surface area contributed by atoms with Crippen LogP contribution < -0.4 is 5.32 Å². The fourth-order valence-electron chi connectivity index (χ4n) is 2.01. The summed E-state index contributed by atoms with van der Waals surface area (Å²) in [5, 5.41) is 6.79. The van der Waals surface area contributed by atoms with Crippen LogP contribution in [0.15, 0.2) is 58.4 Å². The fraction of sp³-hybridized carbons (Fsp3) is 0.133. The Morgan fingerprint density at radius 2 is 2.10 bits per heavy atom. The zero-order chi connectivity index (χ0) is 14.7. The van der Waals surface area contributed by atoms with Crippen molar-refractivity contribution in [3.8, 4) is 0 Å². The summed E-state index contributed by atoms with van der Waals surface area (Å²) in [6.45, 7) is 0. The number of amides is 1. The number of oxime groups is 1. The molecule has 1 atom stereocenters. The number of halogens is 1. The minimum absolute atomic E-state index is 0.213. The Bertz CT molecular complexity index is 688. The van der Waals surface area contributed by atoms with Gasteiger partial charge in [0.25, 0.3) is 5.91 Å². The van der Waals surface area contributed by atoms with Crippen LogP contribution in [-0.4, -0.2) is 22.7 Å². The van der Waals surface area contributed by atoms with Gasteiger partial charge in [0.05, 0.1) is 5.71 Å². The van der Waals surface area contributed by atoms with Gasteiger partial charge in [0.1, 0.15) is 0 Å². The molecular formula is C15H12BrN3O2. The monoisotopic (exact) mass is 345 g/mol. The maximum atomic E-state index is 12.1. The highest BCUT2D eigenvalue weighted by Gasteiger charge is 2.28. The molecule has 0 fully saturated rings. The van der Waals surface area contributed by atoms with Crippen LogP contribution >= 0.6 is 15.9 Å². The third kappa shape index (κ3) is 3.28. The van der Waals surface area contributed by atoms with E-state index in [-0.39, 0.29) is 5.91 Å². The van der Waals surface area contributed by atoms with Crippen molar-refractivity contribution in [3.05, 3.63) is 58.8 Å². The number of aromatic nitrogens is 1. The molecule has 2 heterocycles. The van der Waals surface area contributed by atoms with E-state index in [1.807, 2.05) is 24.3 Å². The van der Waals surface area contributed by atoms with Gasteiger partial charge in [-0.25, -0.2) is 0 Å². The minimum Gasteiger partial charge on any atom is -0.382 e. The maximum Gasteiger partial charge on any atom is 0.268 e. The number of pyridine rings is 1. The second kappa shape index (κ2) is 6.05. The first kappa shape index (κ1) is 13.8. The van der Waals surface area contributed by atoms with E-state index in [1.54, 1.807) is 24.5 Å². The first-order chi connectivity index (χ1) is 10.2. The summed E-state index contributed by atoms with van der Waals surface area (Å²) in [7, 11) is 0. The molecule has 0 saturated carbocycles. The summed E-state index contributed by atoms with van der Waals surface area (Å²) < 4.78 is 0.965. The molecule has 1 N–H and O–H groups in total. The van der Waals surface area contributed by atoms with E-state index in [9.17, 15) is 4.79 Å². The van der Waals surface area contributed by atoms with Gasteiger partial charge in [-0.3, -0.25) is 9.78 Å². The number of hydrogen-bond donors (Lipinski definition) is 1. The van der Waals surface area contributed by atoms with Crippen LogP contribution in [0.25, 0.3) is 0 Å². The Morgan fingerprint density at radius 3 is 2.86 bits per heavy atom. The summed E-state index contributed by atoms with van der Waals surface area (Å²) in [6, 6.07) is 11.2. The van der Waals surface area contributed by atoms with Gasteiger partial charge < -0.3 is 10.2 Å². The molecule has 1 aliphatic heterocycles. The molecule has 2 aromatic rings. The van der Waals surface area contributed by atoms with Crippen LogP contribution in [0, 0.1) is 0 Å². The lowest BCUT2D eigenvalue weighted by Gasteiger charge is -2.09. The summed E-state index contributed by atoms with van der Waals surface area (Å²) in [5.41, 5.74) is 2.41. The highest BCUT2D eigenvalue weighted by atomic mass is 79.9. The number of anilines is 1. The highest BCUT2D eigenvalue weighted by molar-refractivity contribution is 9.10. The molecule has 5 nitrogen and oxygen atoms in total. The molecular weight excluding hydrogens is 334 g/mol. The predicted molar refractivity (Wildman–Crippen MR) is 83.0 cm³/mol. The van der Waals surface area contributed by atoms with Crippen molar-refractivity contribution in [2.75, 3.05) is 5.32 Å². The van der Waals surface area contributed by atoms with Crippen LogP contribution in [-0.2, 0) is 9.63 Å². The van der Waals surface area contributed by atoms with Crippen molar-refractivity contribution >= 4 is 33.2 Å². The van der Waals surface area contributed by atoms with Gasteiger partial charge in [-0.15, -0.1) is 0 Å². The second-order valence-electron chi connectivity index (χ2n) is 4.57. The molecule has 0 radical (unpaired) electrons. The minimum atomic E-state index is -0.604. The van der Waals surface area contributed by atoms with E-state index in [0.29, 0.717) is 12.1 Å². The van der Waals surface area contributed by atoms with Gasteiger partial charge >= 0.3 is 0 Å². The Labute approximate surface area is 130 Å². The largest absolute Gasteiger partial charge is 0.382 e. The van der Waals surface area contributed by atoms with E-state index in [2.05, 4.69) is 31.4 Å². The zero-order valence-corrected chi connectivity index (χ0v) is 12.6. The molecule has 0 aliphatic carbocycles. The smallest absolute Gasteiger partial charge is 0.268 e. The number of benzene rings is 1. The molecule has 0 unspecified atom stereocenters. The topological polar surface area (TPSA) is 63.6 Å². The average Bonchev–Trinajstić information content (AvgIpc) is 2.98. The number of hydrogen-bond acceptors (Lipinski definition) is 4. The number of rotatable bonds is 3. The Kier molecular flexibility index (Phi) is 3.96. The van der Waals surface area contributed by atoms with Crippen molar-refractivity contribution in [1.82, 2.24) is 4.98 Å². The van der Waals surface area contributed by atoms with E-state index >= 15 is 0 Å². The van der Waals surface area contributed by atoms with Crippen molar-refractivity contribution in [1.29, 1.82) is 0 Å². The molecule has 0 saturated heterocycles. The number of nitrogens with one attached hydrogen (secondary N) is 1. The molecule has 1 amide bonds. The fourth-order valence-corrected chi connectivity index (χ4v) is 2.41. The highest BCUT2D eigenvalue weighted by Crippen LogP contribution is 2.20. The number of carbonyl (C=O) groups excluding carboxylic acids is 1. The molecule has 1 aliphatic rings. The summed E-state index contributed by atoms with van der Waals surface area (Å²) in [6.07, 6.45) is 3.09. The van der Waals surface area contributed by atoms with Gasteiger partial charge in [0.2, 0.25) is 6.10 Å². The summed E-state index contributed by atoms with van der Waals surface area (Å²) >= 11 is 3.42. The molecule has 21 heavy (non-hydrogen) atoms. The van der Waals surface area contributed by atoms with Crippen LogP contribution in [0.3, 0.4) is 0 Å². The van der Waals surface area contributed by atoms with Gasteiger partial charge in [0, 0.05) is 34.5 Å². The first-order valence-electron chi connectivity index (χ1n) is 6.42. The number of carbonyl (C=O) groups is 1. The van der Waals surface area contributed by atoms with Crippen molar-refractivity contribution in [2.45, 2.75) is 12.5 Å². The normalized spacial score (nSPS) is 17.0. The molecule has 1 aromatic carbocycles. The van der Waals surface area contributed by atoms with Crippen LogP contribution in [0.4, 0.5) is 5.69 Å². The molecule has 6 heteroatoms. The van der Waals surface area contributed by atoms with Gasteiger partial charge in [0.15, 0.2) is 0 Å². The molecule has 3 rings (SSSR count). The van der Waals surface area contributed by atoms with Crippen molar-refractivity contribution in [2.24, 2.45) is 5.16 Å². The lowest BCUT2D eigenvalue weighted by atomic mass is 10.0. The Balaban J connectivity index is 1.65. The van der Waals surface area contributed by atoms with Crippen LogP contribution in [0.5, 0.6) is 0 Å². The maximum absolute atomic E-state index is 12.1. The third-order valence-corrected chi connectivity index (χ3v) is 3.56. The second-order valence-corrected chi connectivity index (χ2v) is 5.49. The molecule has 0 spiro atoms. The quantitative estimate of drug-likeness (QED) is 0.929. The third-order valence-electron chi connectivity index (χ3n) is 3.07. The Morgan fingerprint density at radius 1 is 1.29 bits per heavy atom. The lowest BCUT2D eigenvalue weighted by Crippen LogP contribution is -2.28.